The molecule has 0 spiro atoms. The van der Waals surface area contributed by atoms with Crippen LogP contribution in [0.1, 0.15) is 0 Å². The van der Waals surface area contributed by atoms with Crippen LogP contribution in [0.15, 0.2) is 219 Å². The van der Waals surface area contributed by atoms with Crippen molar-refractivity contribution >= 4 is 21.5 Å². The lowest BCUT2D eigenvalue weighted by Crippen LogP contribution is -1.92. The van der Waals surface area contributed by atoms with Crippen LogP contribution >= 0.6 is 0 Å². The Bertz CT molecular complexity index is 2900. The van der Waals surface area contributed by atoms with Gasteiger partial charge in [0.05, 0.1) is 0 Å². The van der Waals surface area contributed by atoms with Gasteiger partial charge in [0.2, 0.25) is 0 Å². The number of rotatable bonds is 7. The van der Waals surface area contributed by atoms with Crippen molar-refractivity contribution in [2.75, 3.05) is 0 Å². The fourth-order valence-electron chi connectivity index (χ4n) is 8.09. The number of pyridine rings is 2. The molecule has 10 rings (SSSR count). The van der Waals surface area contributed by atoms with Crippen molar-refractivity contribution < 1.29 is 0 Å². The summed E-state index contributed by atoms with van der Waals surface area (Å²) in [6.45, 7) is 0. The standard InChI is InChI=1S/C54H36N2/c1-3-11-37(12-4-1)46-31-47(38-13-5-2-6-14-38)33-48(32-46)43-27-28-51-52(34-43)54(42-25-21-40(22-26-42)45-16-10-30-56-36-45)50-18-8-7-17-49(50)53(51)41-23-19-39(20-24-41)44-15-9-29-55-35-44/h1-36H. The zero-order valence-electron chi connectivity index (χ0n) is 30.7. The van der Waals surface area contributed by atoms with Gasteiger partial charge in [0.1, 0.15) is 0 Å². The fraction of sp³-hybridized carbons (Fsp3) is 0. The summed E-state index contributed by atoms with van der Waals surface area (Å²) in [4.78, 5) is 8.73. The molecule has 2 aromatic heterocycles. The van der Waals surface area contributed by atoms with Crippen LogP contribution in [0.3, 0.4) is 0 Å². The van der Waals surface area contributed by atoms with E-state index in [1.807, 2.05) is 36.9 Å². The van der Waals surface area contributed by atoms with Crippen LogP contribution < -0.4 is 0 Å². The predicted octanol–water partition coefficient (Wildman–Crippen LogP) is 14.5. The summed E-state index contributed by atoms with van der Waals surface area (Å²) in [6.07, 6.45) is 7.48. The molecule has 2 nitrogen and oxygen atoms in total. The Balaban J connectivity index is 1.22. The van der Waals surface area contributed by atoms with Crippen LogP contribution in [-0.2, 0) is 0 Å². The number of hydrogen-bond donors (Lipinski definition) is 0. The third-order valence-corrected chi connectivity index (χ3v) is 10.8. The zero-order chi connectivity index (χ0) is 37.3. The van der Waals surface area contributed by atoms with Crippen molar-refractivity contribution in [3.63, 3.8) is 0 Å². The first-order chi connectivity index (χ1) is 27.8. The van der Waals surface area contributed by atoms with Crippen molar-refractivity contribution in [3.8, 4) is 77.9 Å². The van der Waals surface area contributed by atoms with E-state index < -0.39 is 0 Å². The molecule has 0 fully saturated rings. The number of nitrogens with zero attached hydrogens (tertiary/aromatic N) is 2. The maximum atomic E-state index is 4.37. The molecule has 0 saturated heterocycles. The second-order valence-corrected chi connectivity index (χ2v) is 14.2. The van der Waals surface area contributed by atoms with E-state index in [9.17, 15) is 0 Å². The second-order valence-electron chi connectivity index (χ2n) is 14.2. The van der Waals surface area contributed by atoms with E-state index in [0.29, 0.717) is 0 Å². The molecule has 262 valence electrons. The molecule has 8 aromatic carbocycles. The van der Waals surface area contributed by atoms with Gasteiger partial charge in [-0.15, -0.1) is 0 Å². The van der Waals surface area contributed by atoms with E-state index in [1.54, 1.807) is 0 Å². The molecule has 0 amide bonds. The Morgan fingerprint density at radius 1 is 0.214 bits per heavy atom. The van der Waals surface area contributed by atoms with Gasteiger partial charge in [-0.3, -0.25) is 9.97 Å². The minimum atomic E-state index is 1.11. The van der Waals surface area contributed by atoms with Gasteiger partial charge in [-0.1, -0.05) is 158 Å². The summed E-state index contributed by atoms with van der Waals surface area (Å²) in [5.41, 5.74) is 16.5. The summed E-state index contributed by atoms with van der Waals surface area (Å²) in [6, 6.07) is 70.4. The van der Waals surface area contributed by atoms with Crippen LogP contribution in [0.2, 0.25) is 0 Å². The molecule has 2 heterocycles. The summed E-state index contributed by atoms with van der Waals surface area (Å²) >= 11 is 0. The highest BCUT2D eigenvalue weighted by atomic mass is 14.6. The molecule has 2 heteroatoms. The molecule has 0 aliphatic carbocycles. The van der Waals surface area contributed by atoms with Crippen LogP contribution in [0, 0.1) is 0 Å². The summed E-state index contributed by atoms with van der Waals surface area (Å²) in [5.74, 6) is 0. The van der Waals surface area contributed by atoms with Gasteiger partial charge in [0.15, 0.2) is 0 Å². The topological polar surface area (TPSA) is 25.8 Å². The molecule has 0 saturated carbocycles. The van der Waals surface area contributed by atoms with Gasteiger partial charge in [-0.25, -0.2) is 0 Å². The van der Waals surface area contributed by atoms with Crippen molar-refractivity contribution in [3.05, 3.63) is 219 Å². The van der Waals surface area contributed by atoms with Crippen molar-refractivity contribution in [1.29, 1.82) is 0 Å². The summed E-state index contributed by atoms with van der Waals surface area (Å²) in [5, 5.41) is 4.88. The van der Waals surface area contributed by atoms with Crippen molar-refractivity contribution in [2.45, 2.75) is 0 Å². The molecule has 0 N–H and O–H groups in total. The van der Waals surface area contributed by atoms with E-state index >= 15 is 0 Å². The lowest BCUT2D eigenvalue weighted by molar-refractivity contribution is 1.33. The molecular weight excluding hydrogens is 677 g/mol. The Hall–Kier alpha value is -7.42. The summed E-state index contributed by atoms with van der Waals surface area (Å²) in [7, 11) is 0. The normalized spacial score (nSPS) is 11.2. The van der Waals surface area contributed by atoms with Gasteiger partial charge >= 0.3 is 0 Å². The summed E-state index contributed by atoms with van der Waals surface area (Å²) < 4.78 is 0. The Morgan fingerprint density at radius 3 is 1.04 bits per heavy atom. The third-order valence-electron chi connectivity index (χ3n) is 10.8. The smallest absolute Gasteiger partial charge is 0.0346 e. The molecule has 0 aliphatic heterocycles. The first-order valence-electron chi connectivity index (χ1n) is 19.0. The predicted molar refractivity (Wildman–Crippen MR) is 235 cm³/mol. The average molecular weight is 713 g/mol. The fourth-order valence-corrected chi connectivity index (χ4v) is 8.09. The van der Waals surface area contributed by atoms with E-state index in [0.717, 1.165) is 22.3 Å². The Morgan fingerprint density at radius 2 is 0.571 bits per heavy atom. The minimum absolute atomic E-state index is 1.11. The van der Waals surface area contributed by atoms with Crippen LogP contribution in [0.25, 0.3) is 99.4 Å². The molecule has 0 bridgehead atoms. The Kier molecular flexibility index (Phi) is 8.55. The molecular formula is C54H36N2. The van der Waals surface area contributed by atoms with E-state index in [-0.39, 0.29) is 0 Å². The first-order valence-corrected chi connectivity index (χ1v) is 19.0. The van der Waals surface area contributed by atoms with Gasteiger partial charge in [-0.05, 0) is 136 Å². The Labute approximate surface area is 327 Å². The number of fused-ring (bicyclic) bond motifs is 2. The molecule has 10 aromatic rings. The molecule has 0 unspecified atom stereocenters. The highest BCUT2D eigenvalue weighted by Gasteiger charge is 2.18. The number of aromatic nitrogens is 2. The molecule has 0 atom stereocenters. The SMILES string of the molecule is c1ccc(-c2cc(-c3ccccc3)cc(-c3ccc4c(-c5ccc(-c6cccnc6)cc5)c5ccccc5c(-c5ccc(-c6cccnc6)cc5)c4c3)c2)cc1. The molecule has 0 radical (unpaired) electrons. The molecule has 0 aliphatic rings. The van der Waals surface area contributed by atoms with E-state index in [2.05, 4.69) is 192 Å². The number of benzene rings is 8. The highest BCUT2D eigenvalue weighted by Crippen LogP contribution is 2.46. The molecule has 56 heavy (non-hydrogen) atoms. The zero-order valence-corrected chi connectivity index (χ0v) is 30.7. The van der Waals surface area contributed by atoms with Crippen molar-refractivity contribution in [2.24, 2.45) is 0 Å². The maximum absolute atomic E-state index is 4.37. The average Bonchev–Trinajstić information content (AvgIpc) is 3.29. The van der Waals surface area contributed by atoms with Crippen LogP contribution in [-0.4, -0.2) is 9.97 Å². The van der Waals surface area contributed by atoms with Gasteiger partial charge in [0, 0.05) is 24.8 Å². The number of hydrogen-bond acceptors (Lipinski definition) is 2. The third kappa shape index (κ3) is 6.24. The van der Waals surface area contributed by atoms with E-state index in [4.69, 9.17) is 0 Å². The maximum Gasteiger partial charge on any atom is 0.0346 e. The quantitative estimate of drug-likeness (QED) is 0.154. The van der Waals surface area contributed by atoms with Crippen molar-refractivity contribution in [1.82, 2.24) is 9.97 Å². The van der Waals surface area contributed by atoms with Gasteiger partial charge < -0.3 is 0 Å². The monoisotopic (exact) mass is 712 g/mol. The second kappa shape index (κ2) is 14.4. The minimum Gasteiger partial charge on any atom is -0.264 e. The van der Waals surface area contributed by atoms with Crippen LogP contribution in [0.5, 0.6) is 0 Å². The largest absolute Gasteiger partial charge is 0.264 e. The lowest BCUT2D eigenvalue weighted by atomic mass is 9.84. The highest BCUT2D eigenvalue weighted by molar-refractivity contribution is 6.22. The first kappa shape index (κ1) is 33.2. The van der Waals surface area contributed by atoms with Gasteiger partial charge in [0.25, 0.3) is 0 Å². The lowest BCUT2D eigenvalue weighted by Gasteiger charge is -2.19. The van der Waals surface area contributed by atoms with E-state index in [1.165, 1.54) is 77.2 Å². The van der Waals surface area contributed by atoms with Crippen LogP contribution in [0.4, 0.5) is 0 Å². The van der Waals surface area contributed by atoms with Gasteiger partial charge in [-0.2, -0.15) is 0 Å².